The number of carboxylic acids is 1. The Morgan fingerprint density at radius 1 is 0.960 bits per heavy atom. The van der Waals surface area contributed by atoms with Crippen molar-refractivity contribution in [3.63, 3.8) is 0 Å². The second-order valence-electron chi connectivity index (χ2n) is 6.73. The Morgan fingerprint density at radius 3 is 2.40 bits per heavy atom. The number of likely N-dealkylation sites (tertiary alicyclic amines) is 1. The largest absolute Gasteiger partial charge is 0.478 e. The lowest BCUT2D eigenvalue weighted by Crippen LogP contribution is -2.28. The van der Waals surface area contributed by atoms with Crippen LogP contribution in [0.2, 0.25) is 0 Å². The molecule has 0 saturated carbocycles. The number of para-hydroxylation sites is 1. The zero-order valence-corrected chi connectivity index (χ0v) is 14.2. The highest BCUT2D eigenvalue weighted by Crippen LogP contribution is 2.27. The van der Waals surface area contributed by atoms with E-state index in [0.29, 0.717) is 5.56 Å². The van der Waals surface area contributed by atoms with Crippen LogP contribution in [-0.2, 0) is 6.54 Å². The van der Waals surface area contributed by atoms with Gasteiger partial charge in [0.1, 0.15) is 0 Å². The molecule has 1 saturated heterocycles. The first-order valence-electron chi connectivity index (χ1n) is 8.87. The molecule has 1 fully saturated rings. The monoisotopic (exact) mass is 334 g/mol. The maximum absolute atomic E-state index is 11.1. The van der Waals surface area contributed by atoms with Crippen LogP contribution in [0, 0.1) is 0 Å². The fraction of sp³-hybridized carbons (Fsp3) is 0.286. The number of aromatic carboxylic acids is 1. The summed E-state index contributed by atoms with van der Waals surface area (Å²) in [4.78, 5) is 13.6. The molecule has 0 spiro atoms. The number of fused-ring (bicyclic) bond motifs is 1. The molecule has 4 nitrogen and oxygen atoms in total. The van der Waals surface area contributed by atoms with E-state index in [0.717, 1.165) is 17.7 Å². The fourth-order valence-corrected chi connectivity index (χ4v) is 3.71. The van der Waals surface area contributed by atoms with E-state index in [4.69, 9.17) is 5.11 Å². The number of hydrogen-bond donors (Lipinski definition) is 1. The van der Waals surface area contributed by atoms with Crippen molar-refractivity contribution in [3.05, 3.63) is 65.9 Å². The van der Waals surface area contributed by atoms with E-state index in [1.54, 1.807) is 12.1 Å². The topological polar surface area (TPSA) is 45.5 Å². The molecular formula is C21H22N2O2. The highest BCUT2D eigenvalue weighted by Gasteiger charge is 2.15. The molecule has 4 heteroatoms. The minimum atomic E-state index is -0.894. The second-order valence-corrected chi connectivity index (χ2v) is 6.73. The van der Waals surface area contributed by atoms with Gasteiger partial charge in [0.25, 0.3) is 0 Å². The number of carbonyl (C=O) groups is 1. The highest BCUT2D eigenvalue weighted by atomic mass is 16.4. The van der Waals surface area contributed by atoms with E-state index in [-0.39, 0.29) is 0 Å². The van der Waals surface area contributed by atoms with Crippen molar-refractivity contribution in [2.45, 2.75) is 25.8 Å². The molecule has 2 aromatic carbocycles. The number of piperidine rings is 1. The molecule has 2 heterocycles. The molecule has 1 aromatic heterocycles. The van der Waals surface area contributed by atoms with Crippen molar-refractivity contribution < 1.29 is 9.90 Å². The number of nitrogens with zero attached hydrogens (tertiary/aromatic N) is 2. The Kier molecular flexibility index (Phi) is 4.28. The number of aromatic nitrogens is 1. The predicted molar refractivity (Wildman–Crippen MR) is 99.4 cm³/mol. The summed E-state index contributed by atoms with van der Waals surface area (Å²) in [6.45, 7) is 3.32. The van der Waals surface area contributed by atoms with Crippen LogP contribution in [0.4, 0.5) is 0 Å². The minimum absolute atomic E-state index is 0.314. The van der Waals surface area contributed by atoms with Crippen molar-refractivity contribution in [2.75, 3.05) is 13.1 Å². The van der Waals surface area contributed by atoms with E-state index in [2.05, 4.69) is 39.9 Å². The zero-order chi connectivity index (χ0) is 17.2. The number of rotatable bonds is 4. The first kappa shape index (κ1) is 15.9. The lowest BCUT2D eigenvalue weighted by atomic mass is 10.1. The quantitative estimate of drug-likeness (QED) is 0.773. The van der Waals surface area contributed by atoms with Crippen LogP contribution in [0.5, 0.6) is 0 Å². The van der Waals surface area contributed by atoms with E-state index in [1.165, 1.54) is 43.3 Å². The van der Waals surface area contributed by atoms with Crippen LogP contribution < -0.4 is 0 Å². The summed E-state index contributed by atoms with van der Waals surface area (Å²) >= 11 is 0. The first-order valence-corrected chi connectivity index (χ1v) is 8.87. The molecule has 3 aromatic rings. The van der Waals surface area contributed by atoms with Gasteiger partial charge < -0.3 is 9.67 Å². The SMILES string of the molecule is O=C(O)c1ccc(-n2cc(CN3CCCCC3)c3ccccc32)cc1. The van der Waals surface area contributed by atoms with E-state index in [1.807, 2.05) is 12.1 Å². The predicted octanol–water partition coefficient (Wildman–Crippen LogP) is 4.31. The lowest BCUT2D eigenvalue weighted by Gasteiger charge is -2.26. The van der Waals surface area contributed by atoms with Gasteiger partial charge >= 0.3 is 5.97 Å². The summed E-state index contributed by atoms with van der Waals surface area (Å²) in [7, 11) is 0. The third kappa shape index (κ3) is 3.17. The summed E-state index contributed by atoms with van der Waals surface area (Å²) < 4.78 is 2.17. The minimum Gasteiger partial charge on any atom is -0.478 e. The average Bonchev–Trinajstić information content (AvgIpc) is 3.01. The van der Waals surface area contributed by atoms with Crippen LogP contribution in [0.25, 0.3) is 16.6 Å². The molecule has 0 amide bonds. The van der Waals surface area contributed by atoms with Crippen molar-refractivity contribution >= 4 is 16.9 Å². The van der Waals surface area contributed by atoms with Crippen LogP contribution in [-0.4, -0.2) is 33.6 Å². The van der Waals surface area contributed by atoms with Gasteiger partial charge in [-0.3, -0.25) is 4.90 Å². The number of carboxylic acid groups (broad SMARTS) is 1. The zero-order valence-electron chi connectivity index (χ0n) is 14.2. The van der Waals surface area contributed by atoms with E-state index < -0.39 is 5.97 Å². The fourth-order valence-electron chi connectivity index (χ4n) is 3.71. The smallest absolute Gasteiger partial charge is 0.335 e. The molecule has 0 aliphatic carbocycles. The third-order valence-corrected chi connectivity index (χ3v) is 5.03. The van der Waals surface area contributed by atoms with Crippen LogP contribution in [0.15, 0.2) is 54.7 Å². The van der Waals surface area contributed by atoms with Crippen molar-refractivity contribution in [3.8, 4) is 5.69 Å². The van der Waals surface area contributed by atoms with Gasteiger partial charge in [-0.15, -0.1) is 0 Å². The maximum Gasteiger partial charge on any atom is 0.335 e. The van der Waals surface area contributed by atoms with Crippen molar-refractivity contribution in [1.82, 2.24) is 9.47 Å². The Labute approximate surface area is 147 Å². The van der Waals surface area contributed by atoms with Crippen molar-refractivity contribution in [1.29, 1.82) is 0 Å². The summed E-state index contributed by atoms with van der Waals surface area (Å²) in [6, 6.07) is 15.5. The highest BCUT2D eigenvalue weighted by molar-refractivity contribution is 5.88. The number of benzene rings is 2. The molecule has 0 atom stereocenters. The van der Waals surface area contributed by atoms with Gasteiger partial charge in [0.15, 0.2) is 0 Å². The van der Waals surface area contributed by atoms with E-state index >= 15 is 0 Å². The van der Waals surface area contributed by atoms with Gasteiger partial charge in [-0.2, -0.15) is 0 Å². The normalized spacial score (nSPS) is 15.5. The molecule has 1 aliphatic heterocycles. The van der Waals surface area contributed by atoms with Gasteiger partial charge in [-0.1, -0.05) is 24.6 Å². The van der Waals surface area contributed by atoms with Gasteiger partial charge in [0, 0.05) is 23.8 Å². The summed E-state index contributed by atoms with van der Waals surface area (Å²) in [6.07, 6.45) is 6.12. The molecule has 1 aliphatic rings. The van der Waals surface area contributed by atoms with E-state index in [9.17, 15) is 4.79 Å². The molecule has 0 bridgehead atoms. The molecule has 25 heavy (non-hydrogen) atoms. The van der Waals surface area contributed by atoms with Crippen LogP contribution in [0.1, 0.15) is 35.2 Å². The molecule has 1 N–H and O–H groups in total. The average molecular weight is 334 g/mol. The van der Waals surface area contributed by atoms with Crippen LogP contribution >= 0.6 is 0 Å². The lowest BCUT2D eigenvalue weighted by molar-refractivity contribution is 0.0697. The maximum atomic E-state index is 11.1. The summed E-state index contributed by atoms with van der Waals surface area (Å²) in [5.41, 5.74) is 3.80. The van der Waals surface area contributed by atoms with Crippen LogP contribution in [0.3, 0.4) is 0 Å². The summed E-state index contributed by atoms with van der Waals surface area (Å²) in [5.74, 6) is -0.894. The molecule has 0 unspecified atom stereocenters. The van der Waals surface area contributed by atoms with Gasteiger partial charge in [-0.05, 0) is 61.8 Å². The second kappa shape index (κ2) is 6.73. The molecule has 128 valence electrons. The Hall–Kier alpha value is -2.59. The molecular weight excluding hydrogens is 312 g/mol. The third-order valence-electron chi connectivity index (χ3n) is 5.03. The Morgan fingerprint density at radius 2 is 1.68 bits per heavy atom. The van der Waals surface area contributed by atoms with Gasteiger partial charge in [0.2, 0.25) is 0 Å². The molecule has 4 rings (SSSR count). The first-order chi connectivity index (χ1) is 12.2. The van der Waals surface area contributed by atoms with Crippen molar-refractivity contribution in [2.24, 2.45) is 0 Å². The Balaban J connectivity index is 1.72. The standard InChI is InChI=1S/C21H22N2O2/c24-21(25)16-8-10-18(11-9-16)23-15-17(14-22-12-4-1-5-13-22)19-6-2-3-7-20(19)23/h2-3,6-11,15H,1,4-5,12-14H2,(H,24,25). The van der Waals surface area contributed by atoms with Gasteiger partial charge in [-0.25, -0.2) is 4.79 Å². The summed E-state index contributed by atoms with van der Waals surface area (Å²) in [5, 5.41) is 10.4. The Bertz CT molecular complexity index is 890. The molecule has 0 radical (unpaired) electrons. The van der Waals surface area contributed by atoms with Gasteiger partial charge in [0.05, 0.1) is 11.1 Å². The number of hydrogen-bond acceptors (Lipinski definition) is 2.